The third kappa shape index (κ3) is 3.61. The molecule has 1 aromatic carbocycles. The molecule has 5 nitrogen and oxygen atoms in total. The summed E-state index contributed by atoms with van der Waals surface area (Å²) in [6.45, 7) is 2.59. The zero-order chi connectivity index (χ0) is 16.2. The minimum Gasteiger partial charge on any atom is -0.495 e. The van der Waals surface area contributed by atoms with E-state index in [1.54, 1.807) is 7.11 Å². The van der Waals surface area contributed by atoms with Gasteiger partial charge in [-0.2, -0.15) is 0 Å². The quantitative estimate of drug-likeness (QED) is 0.869. The Balaban J connectivity index is 1.51. The van der Waals surface area contributed by atoms with E-state index in [4.69, 9.17) is 4.74 Å². The Kier molecular flexibility index (Phi) is 5.06. The van der Waals surface area contributed by atoms with Gasteiger partial charge in [0.15, 0.2) is 0 Å². The summed E-state index contributed by atoms with van der Waals surface area (Å²) in [5.74, 6) is 1.15. The van der Waals surface area contributed by atoms with E-state index in [0.29, 0.717) is 12.5 Å². The van der Waals surface area contributed by atoms with Crippen LogP contribution in [0, 0.1) is 11.8 Å². The fourth-order valence-electron chi connectivity index (χ4n) is 3.73. The lowest BCUT2D eigenvalue weighted by Crippen LogP contribution is -2.38. The Morgan fingerprint density at radius 2 is 2.17 bits per heavy atom. The first-order valence-electron chi connectivity index (χ1n) is 8.52. The maximum Gasteiger partial charge on any atom is 0.225 e. The molecule has 23 heavy (non-hydrogen) atoms. The van der Waals surface area contributed by atoms with Gasteiger partial charge in [0.2, 0.25) is 5.91 Å². The Morgan fingerprint density at radius 3 is 2.91 bits per heavy atom. The monoisotopic (exact) mass is 318 g/mol. The summed E-state index contributed by atoms with van der Waals surface area (Å²) in [6, 6.07) is 8.05. The number of methoxy groups -OCH3 is 1. The highest BCUT2D eigenvalue weighted by Gasteiger charge is 2.32. The highest BCUT2D eigenvalue weighted by Crippen LogP contribution is 2.32. The van der Waals surface area contributed by atoms with Crippen LogP contribution in [-0.4, -0.2) is 43.9 Å². The van der Waals surface area contributed by atoms with Gasteiger partial charge in [0.1, 0.15) is 5.75 Å². The lowest BCUT2D eigenvalue weighted by atomic mass is 10.0. The zero-order valence-electron chi connectivity index (χ0n) is 13.7. The minimum atomic E-state index is -0.455. The molecule has 0 radical (unpaired) electrons. The van der Waals surface area contributed by atoms with Crippen molar-refractivity contribution in [3.63, 3.8) is 0 Å². The topological polar surface area (TPSA) is 61.8 Å². The molecule has 1 amide bonds. The number of anilines is 1. The third-order valence-corrected chi connectivity index (χ3v) is 5.09. The number of ether oxygens (including phenoxy) is 1. The molecule has 1 aliphatic carbocycles. The number of rotatable bonds is 5. The SMILES string of the molecule is COc1ccccc1N1CCC(CNC(=O)C2CCCC2O)C1. The van der Waals surface area contributed by atoms with Crippen molar-refractivity contribution < 1.29 is 14.6 Å². The van der Waals surface area contributed by atoms with E-state index in [-0.39, 0.29) is 11.8 Å². The fraction of sp³-hybridized carbons (Fsp3) is 0.611. The molecule has 126 valence electrons. The van der Waals surface area contributed by atoms with Crippen molar-refractivity contribution >= 4 is 11.6 Å². The molecule has 2 fully saturated rings. The lowest BCUT2D eigenvalue weighted by molar-refractivity contribution is -0.127. The summed E-state index contributed by atoms with van der Waals surface area (Å²) in [5, 5.41) is 12.9. The fourth-order valence-corrected chi connectivity index (χ4v) is 3.73. The van der Waals surface area contributed by atoms with E-state index in [1.165, 1.54) is 0 Å². The van der Waals surface area contributed by atoms with E-state index >= 15 is 0 Å². The molecular formula is C18H26N2O3. The van der Waals surface area contributed by atoms with Gasteiger partial charge in [-0.1, -0.05) is 12.1 Å². The minimum absolute atomic E-state index is 0.0192. The Labute approximate surface area is 137 Å². The van der Waals surface area contributed by atoms with Crippen LogP contribution < -0.4 is 15.0 Å². The molecule has 1 aromatic rings. The van der Waals surface area contributed by atoms with E-state index in [1.807, 2.05) is 18.2 Å². The highest BCUT2D eigenvalue weighted by atomic mass is 16.5. The van der Waals surface area contributed by atoms with Crippen LogP contribution in [0.15, 0.2) is 24.3 Å². The molecule has 2 N–H and O–H groups in total. The first-order valence-corrected chi connectivity index (χ1v) is 8.52. The molecule has 1 aliphatic heterocycles. The van der Waals surface area contributed by atoms with Crippen LogP contribution in [0.5, 0.6) is 5.75 Å². The number of carbonyl (C=O) groups excluding carboxylic acids is 1. The Hall–Kier alpha value is -1.75. The van der Waals surface area contributed by atoms with Crippen molar-refractivity contribution in [3.8, 4) is 5.75 Å². The molecule has 2 aliphatic rings. The van der Waals surface area contributed by atoms with Crippen molar-refractivity contribution in [3.05, 3.63) is 24.3 Å². The molecule has 1 heterocycles. The molecule has 0 aromatic heterocycles. The van der Waals surface area contributed by atoms with Gasteiger partial charge in [-0.05, 0) is 43.7 Å². The van der Waals surface area contributed by atoms with Crippen LogP contribution in [0.3, 0.4) is 0 Å². The van der Waals surface area contributed by atoms with Crippen molar-refractivity contribution in [1.29, 1.82) is 0 Å². The number of amides is 1. The van der Waals surface area contributed by atoms with Gasteiger partial charge >= 0.3 is 0 Å². The normalized spacial score (nSPS) is 27.2. The number of hydrogen-bond donors (Lipinski definition) is 2. The molecule has 3 atom stereocenters. The van der Waals surface area contributed by atoms with Crippen LogP contribution in [0.1, 0.15) is 25.7 Å². The Morgan fingerprint density at radius 1 is 1.35 bits per heavy atom. The molecular weight excluding hydrogens is 292 g/mol. The zero-order valence-corrected chi connectivity index (χ0v) is 13.7. The van der Waals surface area contributed by atoms with Crippen LogP contribution in [-0.2, 0) is 4.79 Å². The van der Waals surface area contributed by atoms with Gasteiger partial charge in [0, 0.05) is 19.6 Å². The third-order valence-electron chi connectivity index (χ3n) is 5.09. The Bertz CT molecular complexity index is 549. The number of aliphatic hydroxyl groups excluding tert-OH is 1. The molecule has 3 rings (SSSR count). The number of hydrogen-bond acceptors (Lipinski definition) is 4. The van der Waals surface area contributed by atoms with Crippen LogP contribution >= 0.6 is 0 Å². The van der Waals surface area contributed by atoms with Gasteiger partial charge < -0.3 is 20.1 Å². The van der Waals surface area contributed by atoms with E-state index in [2.05, 4.69) is 16.3 Å². The summed E-state index contributed by atoms with van der Waals surface area (Å²) in [5.41, 5.74) is 1.12. The van der Waals surface area contributed by atoms with E-state index in [9.17, 15) is 9.90 Å². The highest BCUT2D eigenvalue weighted by molar-refractivity contribution is 5.79. The van der Waals surface area contributed by atoms with Gasteiger partial charge in [-0.3, -0.25) is 4.79 Å². The largest absolute Gasteiger partial charge is 0.495 e. The van der Waals surface area contributed by atoms with Gasteiger partial charge in [-0.25, -0.2) is 0 Å². The smallest absolute Gasteiger partial charge is 0.225 e. The number of nitrogens with one attached hydrogen (secondary N) is 1. The summed E-state index contributed by atoms with van der Waals surface area (Å²) in [6.07, 6.45) is 3.12. The second-order valence-corrected chi connectivity index (χ2v) is 6.62. The first kappa shape index (κ1) is 16.1. The predicted molar refractivity (Wildman–Crippen MR) is 89.7 cm³/mol. The number of carbonyl (C=O) groups is 1. The first-order chi connectivity index (χ1) is 11.2. The molecule has 3 unspecified atom stereocenters. The summed E-state index contributed by atoms with van der Waals surface area (Å²) in [7, 11) is 1.69. The van der Waals surface area contributed by atoms with Crippen molar-refractivity contribution in [2.24, 2.45) is 11.8 Å². The number of para-hydroxylation sites is 2. The number of nitrogens with zero attached hydrogens (tertiary/aromatic N) is 1. The van der Waals surface area contributed by atoms with Crippen molar-refractivity contribution in [2.75, 3.05) is 31.6 Å². The lowest BCUT2D eigenvalue weighted by Gasteiger charge is -2.21. The van der Waals surface area contributed by atoms with Crippen LogP contribution in [0.4, 0.5) is 5.69 Å². The second kappa shape index (κ2) is 7.21. The summed E-state index contributed by atoms with van der Waals surface area (Å²) < 4.78 is 5.43. The molecule has 1 saturated heterocycles. The van der Waals surface area contributed by atoms with Crippen molar-refractivity contribution in [2.45, 2.75) is 31.8 Å². The summed E-state index contributed by atoms with van der Waals surface area (Å²) in [4.78, 5) is 14.5. The molecule has 5 heteroatoms. The summed E-state index contributed by atoms with van der Waals surface area (Å²) >= 11 is 0. The average molecular weight is 318 g/mol. The maximum atomic E-state index is 12.2. The predicted octanol–water partition coefficient (Wildman–Crippen LogP) is 1.80. The molecule has 0 bridgehead atoms. The molecule has 0 spiro atoms. The standard InChI is InChI=1S/C18H26N2O3/c1-23-17-8-3-2-6-15(17)20-10-9-13(12-20)11-19-18(22)14-5-4-7-16(14)21/h2-3,6,8,13-14,16,21H,4-5,7,9-12H2,1H3,(H,19,22). The van der Waals surface area contributed by atoms with Gasteiger partial charge in [0.05, 0.1) is 24.8 Å². The van der Waals surface area contributed by atoms with Crippen LogP contribution in [0.25, 0.3) is 0 Å². The van der Waals surface area contributed by atoms with Crippen molar-refractivity contribution in [1.82, 2.24) is 5.32 Å². The van der Waals surface area contributed by atoms with Crippen LogP contribution in [0.2, 0.25) is 0 Å². The van der Waals surface area contributed by atoms with E-state index in [0.717, 1.165) is 50.2 Å². The maximum absolute atomic E-state index is 12.2. The number of benzene rings is 1. The second-order valence-electron chi connectivity index (χ2n) is 6.62. The number of aliphatic hydroxyl groups is 1. The average Bonchev–Trinajstić information content (AvgIpc) is 3.21. The van der Waals surface area contributed by atoms with Gasteiger partial charge in [-0.15, -0.1) is 0 Å². The van der Waals surface area contributed by atoms with E-state index < -0.39 is 6.10 Å². The van der Waals surface area contributed by atoms with Gasteiger partial charge in [0.25, 0.3) is 0 Å². The molecule has 1 saturated carbocycles.